The Kier molecular flexibility index (Phi) is 5.78. The molecule has 0 spiro atoms. The SMILES string of the molecule is Cc1cc(NC(C)c2ccncc2)cc2c1C(=O)N(Cc1ccc(OC(F)(F)F)cc1)C2. The van der Waals surface area contributed by atoms with Crippen molar-refractivity contribution >= 4 is 11.6 Å². The van der Waals surface area contributed by atoms with Crippen LogP contribution in [0.4, 0.5) is 18.9 Å². The van der Waals surface area contributed by atoms with E-state index in [9.17, 15) is 18.0 Å². The predicted octanol–water partition coefficient (Wildman–Crippen LogP) is 5.62. The Morgan fingerprint density at radius 1 is 1.12 bits per heavy atom. The number of rotatable bonds is 6. The van der Waals surface area contributed by atoms with Gasteiger partial charge in [-0.15, -0.1) is 13.2 Å². The summed E-state index contributed by atoms with van der Waals surface area (Å²) < 4.78 is 40.9. The van der Waals surface area contributed by atoms with E-state index in [1.54, 1.807) is 17.3 Å². The second-order valence-electron chi connectivity index (χ2n) is 7.83. The minimum Gasteiger partial charge on any atom is -0.406 e. The first-order valence-electron chi connectivity index (χ1n) is 10.1. The van der Waals surface area contributed by atoms with E-state index in [0.717, 1.165) is 27.9 Å². The summed E-state index contributed by atoms with van der Waals surface area (Å²) in [5.74, 6) is -0.367. The van der Waals surface area contributed by atoms with Gasteiger partial charge in [-0.1, -0.05) is 12.1 Å². The summed E-state index contributed by atoms with van der Waals surface area (Å²) in [4.78, 5) is 18.7. The van der Waals surface area contributed by atoms with E-state index in [4.69, 9.17) is 0 Å². The monoisotopic (exact) mass is 441 g/mol. The van der Waals surface area contributed by atoms with Gasteiger partial charge < -0.3 is 15.0 Å². The summed E-state index contributed by atoms with van der Waals surface area (Å²) in [6.45, 7) is 4.71. The number of carbonyl (C=O) groups is 1. The lowest BCUT2D eigenvalue weighted by atomic mass is 10.0. The van der Waals surface area contributed by atoms with Gasteiger partial charge in [0, 0.05) is 42.8 Å². The third-order valence-corrected chi connectivity index (χ3v) is 5.40. The van der Waals surface area contributed by atoms with Gasteiger partial charge in [0.1, 0.15) is 5.75 Å². The molecule has 0 bridgehead atoms. The quantitative estimate of drug-likeness (QED) is 0.540. The van der Waals surface area contributed by atoms with Crippen molar-refractivity contribution in [1.29, 1.82) is 0 Å². The number of fused-ring (bicyclic) bond motifs is 1. The van der Waals surface area contributed by atoms with Crippen LogP contribution in [0.5, 0.6) is 5.75 Å². The van der Waals surface area contributed by atoms with Crippen LogP contribution in [0.15, 0.2) is 60.9 Å². The number of alkyl halides is 3. The molecule has 0 radical (unpaired) electrons. The van der Waals surface area contributed by atoms with E-state index >= 15 is 0 Å². The number of aryl methyl sites for hydroxylation is 1. The van der Waals surface area contributed by atoms with E-state index < -0.39 is 6.36 Å². The highest BCUT2D eigenvalue weighted by atomic mass is 19.4. The molecule has 1 amide bonds. The molecule has 0 fully saturated rings. The first-order valence-corrected chi connectivity index (χ1v) is 10.1. The summed E-state index contributed by atoms with van der Waals surface area (Å²) in [7, 11) is 0. The zero-order valence-electron chi connectivity index (χ0n) is 17.6. The minimum absolute atomic E-state index is 0.0705. The maximum absolute atomic E-state index is 13.0. The molecule has 8 heteroatoms. The second kappa shape index (κ2) is 8.53. The third kappa shape index (κ3) is 4.85. The van der Waals surface area contributed by atoms with Crippen molar-refractivity contribution in [3.8, 4) is 5.75 Å². The molecule has 1 N–H and O–H groups in total. The molecule has 0 saturated carbocycles. The molecule has 166 valence electrons. The maximum atomic E-state index is 13.0. The first-order chi connectivity index (χ1) is 15.2. The highest BCUT2D eigenvalue weighted by molar-refractivity contribution is 6.00. The largest absolute Gasteiger partial charge is 0.573 e. The zero-order valence-corrected chi connectivity index (χ0v) is 17.6. The van der Waals surface area contributed by atoms with Crippen molar-refractivity contribution in [3.05, 3.63) is 88.7 Å². The molecule has 3 aromatic rings. The van der Waals surface area contributed by atoms with E-state index in [1.165, 1.54) is 24.3 Å². The van der Waals surface area contributed by atoms with Crippen LogP contribution in [-0.4, -0.2) is 22.2 Å². The molecule has 1 aliphatic rings. The fourth-order valence-corrected chi connectivity index (χ4v) is 3.94. The number of aromatic nitrogens is 1. The molecule has 2 heterocycles. The Morgan fingerprint density at radius 2 is 1.81 bits per heavy atom. The van der Waals surface area contributed by atoms with Gasteiger partial charge in [0.15, 0.2) is 0 Å². The van der Waals surface area contributed by atoms with Crippen molar-refractivity contribution in [2.24, 2.45) is 0 Å². The summed E-state index contributed by atoms with van der Waals surface area (Å²) in [6, 6.07) is 13.5. The zero-order chi connectivity index (χ0) is 22.9. The van der Waals surface area contributed by atoms with Gasteiger partial charge in [-0.3, -0.25) is 9.78 Å². The Bertz CT molecular complexity index is 1120. The Hall–Kier alpha value is -3.55. The minimum atomic E-state index is -4.73. The summed E-state index contributed by atoms with van der Waals surface area (Å²) >= 11 is 0. The Morgan fingerprint density at radius 3 is 2.47 bits per heavy atom. The van der Waals surface area contributed by atoms with Crippen LogP contribution >= 0.6 is 0 Å². The number of ether oxygens (including phenoxy) is 1. The fraction of sp³-hybridized carbons (Fsp3) is 0.250. The average Bonchev–Trinajstić information content (AvgIpc) is 3.04. The molecular weight excluding hydrogens is 419 g/mol. The first kappa shape index (κ1) is 21.7. The standard InChI is InChI=1S/C24H22F3N3O2/c1-15-11-20(29-16(2)18-7-9-28-10-8-18)12-19-14-30(23(31)22(15)19)13-17-3-5-21(6-4-17)32-24(25,26)27/h3-12,16,29H,13-14H2,1-2H3. The highest BCUT2D eigenvalue weighted by Gasteiger charge is 2.32. The summed E-state index contributed by atoms with van der Waals surface area (Å²) in [6.07, 6.45) is -1.23. The van der Waals surface area contributed by atoms with Gasteiger partial charge in [0.2, 0.25) is 0 Å². The van der Waals surface area contributed by atoms with Gasteiger partial charge >= 0.3 is 6.36 Å². The number of benzene rings is 2. The Balaban J connectivity index is 1.47. The molecule has 4 rings (SSSR count). The number of hydrogen-bond acceptors (Lipinski definition) is 4. The van der Waals surface area contributed by atoms with Crippen molar-refractivity contribution in [3.63, 3.8) is 0 Å². The third-order valence-electron chi connectivity index (χ3n) is 5.40. The van der Waals surface area contributed by atoms with Crippen molar-refractivity contribution in [1.82, 2.24) is 9.88 Å². The number of hydrogen-bond donors (Lipinski definition) is 1. The lowest BCUT2D eigenvalue weighted by molar-refractivity contribution is -0.274. The van der Waals surface area contributed by atoms with E-state index in [0.29, 0.717) is 18.7 Å². The van der Waals surface area contributed by atoms with E-state index in [2.05, 4.69) is 22.0 Å². The van der Waals surface area contributed by atoms with Crippen LogP contribution in [-0.2, 0) is 13.1 Å². The maximum Gasteiger partial charge on any atom is 0.573 e. The molecule has 32 heavy (non-hydrogen) atoms. The number of carbonyl (C=O) groups excluding carboxylic acids is 1. The second-order valence-corrected chi connectivity index (χ2v) is 7.83. The van der Waals surface area contributed by atoms with Crippen LogP contribution < -0.4 is 10.1 Å². The molecule has 1 aliphatic heterocycles. The predicted molar refractivity (Wildman–Crippen MR) is 114 cm³/mol. The van der Waals surface area contributed by atoms with Crippen LogP contribution in [0, 0.1) is 6.92 Å². The number of anilines is 1. The van der Waals surface area contributed by atoms with Crippen LogP contribution in [0.2, 0.25) is 0 Å². The fourth-order valence-electron chi connectivity index (χ4n) is 3.94. The lowest BCUT2D eigenvalue weighted by Gasteiger charge is -2.17. The van der Waals surface area contributed by atoms with Gasteiger partial charge in [-0.2, -0.15) is 0 Å². The van der Waals surface area contributed by atoms with Gasteiger partial charge in [0.05, 0.1) is 0 Å². The lowest BCUT2D eigenvalue weighted by Crippen LogP contribution is -2.23. The van der Waals surface area contributed by atoms with Gasteiger partial charge in [0.25, 0.3) is 5.91 Å². The van der Waals surface area contributed by atoms with Crippen molar-refractivity contribution in [2.75, 3.05) is 5.32 Å². The van der Waals surface area contributed by atoms with E-state index in [-0.39, 0.29) is 17.7 Å². The number of nitrogens with zero attached hydrogens (tertiary/aromatic N) is 2. The topological polar surface area (TPSA) is 54.5 Å². The van der Waals surface area contributed by atoms with Crippen LogP contribution in [0.1, 0.15) is 45.6 Å². The molecule has 5 nitrogen and oxygen atoms in total. The number of pyridine rings is 1. The Labute approximate surface area is 183 Å². The van der Waals surface area contributed by atoms with Gasteiger partial charge in [-0.05, 0) is 72.5 Å². The van der Waals surface area contributed by atoms with Gasteiger partial charge in [-0.25, -0.2) is 0 Å². The molecule has 0 saturated heterocycles. The van der Waals surface area contributed by atoms with Crippen molar-refractivity contribution < 1.29 is 22.7 Å². The summed E-state index contributed by atoms with van der Waals surface area (Å²) in [5.41, 5.74) is 5.25. The highest BCUT2D eigenvalue weighted by Crippen LogP contribution is 2.32. The number of halogens is 3. The molecular formula is C24H22F3N3O2. The number of amides is 1. The number of nitrogens with one attached hydrogen (secondary N) is 1. The average molecular weight is 441 g/mol. The molecule has 1 atom stereocenters. The summed E-state index contributed by atoms with van der Waals surface area (Å²) in [5, 5.41) is 3.47. The normalized spacial score (nSPS) is 14.3. The molecule has 2 aromatic carbocycles. The smallest absolute Gasteiger partial charge is 0.406 e. The van der Waals surface area contributed by atoms with Crippen molar-refractivity contribution in [2.45, 2.75) is 39.3 Å². The van der Waals surface area contributed by atoms with E-state index in [1.807, 2.05) is 31.2 Å². The van der Waals surface area contributed by atoms with Crippen LogP contribution in [0.25, 0.3) is 0 Å². The van der Waals surface area contributed by atoms with Crippen LogP contribution in [0.3, 0.4) is 0 Å². The molecule has 0 aliphatic carbocycles. The molecule has 1 unspecified atom stereocenters. The molecule has 1 aromatic heterocycles.